The van der Waals surface area contributed by atoms with E-state index in [1.54, 1.807) is 19.9 Å². The number of carboxylic acid groups (broad SMARTS) is 1. The molecule has 0 saturated heterocycles. The molecule has 0 aliphatic rings. The van der Waals surface area contributed by atoms with Gasteiger partial charge in [-0.1, -0.05) is 32.1 Å². The Balaban J connectivity index is 3.93. The van der Waals surface area contributed by atoms with E-state index in [1.807, 2.05) is 6.92 Å². The number of aliphatic carboxylic acids is 1. The fourth-order valence-electron chi connectivity index (χ4n) is 1.61. The number of ketones is 1. The van der Waals surface area contributed by atoms with Crippen LogP contribution in [0.1, 0.15) is 47.0 Å². The molecule has 0 amide bonds. The minimum absolute atomic E-state index is 0.110. The monoisotopic (exact) mass is 252 g/mol. The van der Waals surface area contributed by atoms with Gasteiger partial charge in [0.25, 0.3) is 0 Å². The Kier molecular flexibility index (Phi) is 8.01. The summed E-state index contributed by atoms with van der Waals surface area (Å²) in [5, 5.41) is 8.66. The molecule has 0 spiro atoms. The lowest BCUT2D eigenvalue weighted by atomic mass is 9.94. The molecule has 2 atom stereocenters. The number of rotatable bonds is 8. The highest BCUT2D eigenvalue weighted by Gasteiger charge is 2.10. The maximum absolute atomic E-state index is 11.1. The molecule has 102 valence electrons. The minimum Gasteiger partial charge on any atom is -0.478 e. The molecule has 0 heterocycles. The standard InChI is InChI=1S/C15H24O3/c1-11(10-13(3)14(4)16)8-6-5-7-9-12(2)15(17)18/h6,8-9,11,13H,5,7,10H2,1-4H3,(H,17,18)/b8-6+,12-9+. The van der Waals surface area contributed by atoms with Gasteiger partial charge in [-0.15, -0.1) is 0 Å². The first-order chi connectivity index (χ1) is 8.34. The van der Waals surface area contributed by atoms with Crippen LogP contribution in [-0.2, 0) is 9.59 Å². The number of allylic oxidation sites excluding steroid dienone is 3. The van der Waals surface area contributed by atoms with E-state index in [0.717, 1.165) is 19.3 Å². The van der Waals surface area contributed by atoms with E-state index in [2.05, 4.69) is 19.1 Å². The molecule has 0 fully saturated rings. The zero-order valence-corrected chi connectivity index (χ0v) is 11.8. The average Bonchev–Trinajstić information content (AvgIpc) is 2.27. The maximum atomic E-state index is 11.1. The van der Waals surface area contributed by atoms with E-state index in [4.69, 9.17) is 5.11 Å². The summed E-state index contributed by atoms with van der Waals surface area (Å²) in [5.41, 5.74) is 0.390. The number of hydrogen-bond acceptors (Lipinski definition) is 2. The van der Waals surface area contributed by atoms with Crippen molar-refractivity contribution in [2.24, 2.45) is 11.8 Å². The fourth-order valence-corrected chi connectivity index (χ4v) is 1.61. The van der Waals surface area contributed by atoms with Crippen LogP contribution in [0.4, 0.5) is 0 Å². The number of Topliss-reactive ketones (excluding diaryl/α,β-unsaturated/α-hetero) is 1. The first kappa shape index (κ1) is 16.6. The lowest BCUT2D eigenvalue weighted by Gasteiger charge is -2.10. The lowest BCUT2D eigenvalue weighted by Crippen LogP contribution is -2.09. The van der Waals surface area contributed by atoms with Crippen molar-refractivity contribution in [3.63, 3.8) is 0 Å². The predicted octanol–water partition coefficient (Wildman–Crippen LogP) is 3.61. The quantitative estimate of drug-likeness (QED) is 0.408. The molecule has 0 aliphatic heterocycles. The molecule has 1 N–H and O–H groups in total. The average molecular weight is 252 g/mol. The van der Waals surface area contributed by atoms with E-state index >= 15 is 0 Å². The van der Waals surface area contributed by atoms with Crippen LogP contribution in [0.15, 0.2) is 23.8 Å². The second kappa shape index (κ2) is 8.67. The molecule has 0 aromatic rings. The molecule has 3 heteroatoms. The third-order valence-electron chi connectivity index (χ3n) is 3.01. The van der Waals surface area contributed by atoms with Gasteiger partial charge in [0.1, 0.15) is 5.78 Å². The van der Waals surface area contributed by atoms with Crippen molar-refractivity contribution in [2.75, 3.05) is 0 Å². The van der Waals surface area contributed by atoms with Gasteiger partial charge < -0.3 is 5.11 Å². The molecule has 2 unspecified atom stereocenters. The zero-order chi connectivity index (χ0) is 14.1. The van der Waals surface area contributed by atoms with Crippen LogP contribution in [0, 0.1) is 11.8 Å². The van der Waals surface area contributed by atoms with E-state index in [9.17, 15) is 9.59 Å². The Morgan fingerprint density at radius 2 is 1.78 bits per heavy atom. The largest absolute Gasteiger partial charge is 0.478 e. The SMILES string of the molecule is CC(=O)C(C)CC(C)/C=C/CC/C=C(\C)C(=O)O. The minimum atomic E-state index is -0.859. The van der Waals surface area contributed by atoms with Gasteiger partial charge in [-0.25, -0.2) is 4.79 Å². The predicted molar refractivity (Wildman–Crippen MR) is 73.4 cm³/mol. The summed E-state index contributed by atoms with van der Waals surface area (Å²) < 4.78 is 0. The van der Waals surface area contributed by atoms with Gasteiger partial charge in [-0.05, 0) is 39.0 Å². The zero-order valence-electron chi connectivity index (χ0n) is 11.8. The Hall–Kier alpha value is -1.38. The normalized spacial score (nSPS) is 15.7. The number of carbonyl (C=O) groups excluding carboxylic acids is 1. The summed E-state index contributed by atoms with van der Waals surface area (Å²) in [6.07, 6.45) is 8.34. The van der Waals surface area contributed by atoms with Crippen molar-refractivity contribution in [1.82, 2.24) is 0 Å². The first-order valence-corrected chi connectivity index (χ1v) is 6.41. The Labute approximate surface area is 110 Å². The van der Waals surface area contributed by atoms with Crippen molar-refractivity contribution in [3.8, 4) is 0 Å². The number of hydrogen-bond donors (Lipinski definition) is 1. The summed E-state index contributed by atoms with van der Waals surface area (Å²) in [4.78, 5) is 21.6. The second-order valence-corrected chi connectivity index (χ2v) is 4.92. The van der Waals surface area contributed by atoms with Crippen molar-refractivity contribution in [3.05, 3.63) is 23.8 Å². The van der Waals surface area contributed by atoms with Gasteiger partial charge in [0.15, 0.2) is 0 Å². The molecule has 3 nitrogen and oxygen atoms in total. The van der Waals surface area contributed by atoms with Crippen LogP contribution in [0.25, 0.3) is 0 Å². The van der Waals surface area contributed by atoms with Gasteiger partial charge in [-0.3, -0.25) is 4.79 Å². The van der Waals surface area contributed by atoms with E-state index < -0.39 is 5.97 Å². The molecule has 0 bridgehead atoms. The van der Waals surface area contributed by atoms with Gasteiger partial charge in [-0.2, -0.15) is 0 Å². The smallest absolute Gasteiger partial charge is 0.330 e. The summed E-state index contributed by atoms with van der Waals surface area (Å²) in [5.74, 6) is -0.134. The molecule has 18 heavy (non-hydrogen) atoms. The Morgan fingerprint density at radius 1 is 1.17 bits per heavy atom. The summed E-state index contributed by atoms with van der Waals surface area (Å²) >= 11 is 0. The Morgan fingerprint density at radius 3 is 2.28 bits per heavy atom. The summed E-state index contributed by atoms with van der Waals surface area (Å²) in [6.45, 7) is 7.27. The highest BCUT2D eigenvalue weighted by atomic mass is 16.4. The lowest BCUT2D eigenvalue weighted by molar-refractivity contribution is -0.132. The first-order valence-electron chi connectivity index (χ1n) is 6.41. The summed E-state index contributed by atoms with van der Waals surface area (Å²) in [7, 11) is 0. The van der Waals surface area contributed by atoms with Crippen LogP contribution in [-0.4, -0.2) is 16.9 Å². The van der Waals surface area contributed by atoms with Gasteiger partial charge in [0.2, 0.25) is 0 Å². The van der Waals surface area contributed by atoms with Crippen molar-refractivity contribution in [2.45, 2.75) is 47.0 Å². The number of unbranched alkanes of at least 4 members (excludes halogenated alkanes) is 1. The molecular formula is C15H24O3. The Bertz CT molecular complexity index is 340. The van der Waals surface area contributed by atoms with Crippen LogP contribution < -0.4 is 0 Å². The third-order valence-corrected chi connectivity index (χ3v) is 3.01. The van der Waals surface area contributed by atoms with Gasteiger partial charge in [0.05, 0.1) is 0 Å². The van der Waals surface area contributed by atoms with Gasteiger partial charge >= 0.3 is 5.97 Å². The highest BCUT2D eigenvalue weighted by molar-refractivity contribution is 5.85. The maximum Gasteiger partial charge on any atom is 0.330 e. The molecule has 0 aliphatic carbocycles. The van der Waals surface area contributed by atoms with Gasteiger partial charge in [0, 0.05) is 11.5 Å². The molecule has 0 saturated carbocycles. The van der Waals surface area contributed by atoms with Crippen LogP contribution >= 0.6 is 0 Å². The van der Waals surface area contributed by atoms with E-state index in [1.165, 1.54) is 0 Å². The third kappa shape index (κ3) is 7.82. The van der Waals surface area contributed by atoms with E-state index in [-0.39, 0.29) is 11.7 Å². The van der Waals surface area contributed by atoms with Crippen molar-refractivity contribution < 1.29 is 14.7 Å². The van der Waals surface area contributed by atoms with Crippen molar-refractivity contribution >= 4 is 11.8 Å². The number of carboxylic acids is 1. The van der Waals surface area contributed by atoms with Crippen LogP contribution in [0.2, 0.25) is 0 Å². The second-order valence-electron chi connectivity index (χ2n) is 4.92. The van der Waals surface area contributed by atoms with E-state index in [0.29, 0.717) is 11.5 Å². The fraction of sp³-hybridized carbons (Fsp3) is 0.600. The topological polar surface area (TPSA) is 54.4 Å². The molecule has 0 radical (unpaired) electrons. The van der Waals surface area contributed by atoms with Crippen LogP contribution in [0.5, 0.6) is 0 Å². The molecule has 0 aromatic carbocycles. The highest BCUT2D eigenvalue weighted by Crippen LogP contribution is 2.14. The molecule has 0 rings (SSSR count). The molecule has 0 aromatic heterocycles. The summed E-state index contributed by atoms with van der Waals surface area (Å²) in [6, 6.07) is 0. The van der Waals surface area contributed by atoms with Crippen molar-refractivity contribution in [1.29, 1.82) is 0 Å². The molecular weight excluding hydrogens is 228 g/mol. The van der Waals surface area contributed by atoms with Crippen LogP contribution in [0.3, 0.4) is 0 Å². The number of carbonyl (C=O) groups is 2.